The van der Waals surface area contributed by atoms with Gasteiger partial charge in [-0.3, -0.25) is 0 Å². The molecule has 3 nitrogen and oxygen atoms in total. The lowest BCUT2D eigenvalue weighted by molar-refractivity contribution is -0.206. The van der Waals surface area contributed by atoms with Crippen LogP contribution in [0, 0.1) is 23.2 Å². The van der Waals surface area contributed by atoms with Gasteiger partial charge in [0.15, 0.2) is 5.79 Å². The highest BCUT2D eigenvalue weighted by atomic mass is 16.8. The first-order valence-electron chi connectivity index (χ1n) is 8.63. The van der Waals surface area contributed by atoms with Crippen molar-refractivity contribution < 1.29 is 14.2 Å². The molecule has 0 amide bonds. The predicted octanol–water partition coefficient (Wildman–Crippen LogP) is 4.01. The van der Waals surface area contributed by atoms with Gasteiger partial charge >= 0.3 is 0 Å². The predicted molar refractivity (Wildman–Crippen MR) is 83.0 cm³/mol. The van der Waals surface area contributed by atoms with E-state index in [2.05, 4.69) is 27.7 Å². The van der Waals surface area contributed by atoms with Crippen molar-refractivity contribution in [3.05, 3.63) is 0 Å². The van der Waals surface area contributed by atoms with E-state index in [1.54, 1.807) is 7.11 Å². The van der Waals surface area contributed by atoms with Crippen LogP contribution in [0.3, 0.4) is 0 Å². The first-order valence-corrected chi connectivity index (χ1v) is 8.63. The van der Waals surface area contributed by atoms with Gasteiger partial charge in [0.05, 0.1) is 11.7 Å². The summed E-state index contributed by atoms with van der Waals surface area (Å²) in [4.78, 5) is 0. The van der Waals surface area contributed by atoms with Gasteiger partial charge < -0.3 is 14.2 Å². The Balaban J connectivity index is 1.88. The first-order chi connectivity index (χ1) is 9.76. The summed E-state index contributed by atoms with van der Waals surface area (Å²) >= 11 is 0. The molecular weight excluding hydrogens is 264 g/mol. The molecule has 0 bridgehead atoms. The van der Waals surface area contributed by atoms with Crippen LogP contribution in [0.25, 0.3) is 0 Å². The van der Waals surface area contributed by atoms with Crippen molar-refractivity contribution in [3.63, 3.8) is 0 Å². The van der Waals surface area contributed by atoms with Gasteiger partial charge in [-0.2, -0.15) is 0 Å². The highest BCUT2D eigenvalue weighted by molar-refractivity contribution is 5.10. The Morgan fingerprint density at radius 1 is 1.00 bits per heavy atom. The molecule has 2 saturated carbocycles. The van der Waals surface area contributed by atoms with Crippen LogP contribution < -0.4 is 0 Å². The molecule has 2 unspecified atom stereocenters. The van der Waals surface area contributed by atoms with Crippen LogP contribution in [-0.2, 0) is 14.2 Å². The van der Waals surface area contributed by atoms with E-state index in [4.69, 9.17) is 14.2 Å². The molecule has 1 heterocycles. The molecular formula is C18H32O3. The number of fused-ring (bicyclic) bond motifs is 1. The molecule has 0 aromatic heterocycles. The third-order valence-corrected chi connectivity index (χ3v) is 7.10. The van der Waals surface area contributed by atoms with Gasteiger partial charge in [-0.15, -0.1) is 0 Å². The third kappa shape index (κ3) is 2.19. The molecule has 21 heavy (non-hydrogen) atoms. The van der Waals surface area contributed by atoms with E-state index >= 15 is 0 Å². The second-order valence-electron chi connectivity index (χ2n) is 8.38. The Bertz CT molecular complexity index is 399. The number of rotatable bonds is 2. The maximum absolute atomic E-state index is 6.42. The lowest BCUT2D eigenvalue weighted by Crippen LogP contribution is -2.54. The Morgan fingerprint density at radius 3 is 2.19 bits per heavy atom. The van der Waals surface area contributed by atoms with E-state index in [0.717, 1.165) is 18.3 Å². The highest BCUT2D eigenvalue weighted by Crippen LogP contribution is 2.62. The molecule has 1 aliphatic heterocycles. The van der Waals surface area contributed by atoms with Gasteiger partial charge in [-0.1, -0.05) is 20.8 Å². The van der Waals surface area contributed by atoms with Crippen LogP contribution in [0.4, 0.5) is 0 Å². The lowest BCUT2D eigenvalue weighted by atomic mass is 9.56. The first kappa shape index (κ1) is 15.8. The minimum atomic E-state index is -0.584. The summed E-state index contributed by atoms with van der Waals surface area (Å²) < 4.78 is 18.1. The van der Waals surface area contributed by atoms with Crippen LogP contribution in [0.2, 0.25) is 0 Å². The SMILES string of the molecule is COC[C@@]1(C)O[C@H]2CC3(C[C@@H](C)[C@@]2(C)O1)C(C)CC[C@H]3C. The minimum Gasteiger partial charge on any atom is -0.379 e. The zero-order chi connectivity index (χ0) is 15.5. The summed E-state index contributed by atoms with van der Waals surface area (Å²) in [6.07, 6.45) is 5.36. The monoisotopic (exact) mass is 296 g/mol. The second-order valence-corrected chi connectivity index (χ2v) is 8.38. The Hall–Kier alpha value is -0.120. The van der Waals surface area contributed by atoms with Crippen molar-refractivity contribution in [1.82, 2.24) is 0 Å². The number of hydrogen-bond acceptors (Lipinski definition) is 3. The highest BCUT2D eigenvalue weighted by Gasteiger charge is 2.63. The van der Waals surface area contributed by atoms with Gasteiger partial charge in [0.1, 0.15) is 6.61 Å². The molecule has 122 valence electrons. The normalized spacial score (nSPS) is 56.9. The largest absolute Gasteiger partial charge is 0.379 e. The molecule has 3 heteroatoms. The van der Waals surface area contributed by atoms with Crippen LogP contribution in [0.5, 0.6) is 0 Å². The fourth-order valence-corrected chi connectivity index (χ4v) is 5.53. The number of ether oxygens (including phenoxy) is 3. The summed E-state index contributed by atoms with van der Waals surface area (Å²) in [7, 11) is 1.72. The minimum absolute atomic E-state index is 0.166. The van der Waals surface area contributed by atoms with E-state index in [0.29, 0.717) is 17.9 Å². The van der Waals surface area contributed by atoms with E-state index in [1.165, 1.54) is 19.3 Å². The molecule has 0 radical (unpaired) electrons. The average Bonchev–Trinajstić information content (AvgIpc) is 2.80. The molecule has 2 aliphatic carbocycles. The van der Waals surface area contributed by atoms with Crippen LogP contribution in [0.15, 0.2) is 0 Å². The van der Waals surface area contributed by atoms with Crippen LogP contribution in [0.1, 0.15) is 60.3 Å². The molecule has 1 spiro atoms. The second kappa shape index (κ2) is 4.94. The van der Waals surface area contributed by atoms with Gasteiger partial charge in [0.2, 0.25) is 0 Å². The fraction of sp³-hybridized carbons (Fsp3) is 1.00. The summed E-state index contributed by atoms with van der Waals surface area (Å²) in [5, 5.41) is 0. The zero-order valence-electron chi connectivity index (χ0n) is 14.6. The van der Waals surface area contributed by atoms with Gasteiger partial charge in [0, 0.05) is 7.11 Å². The van der Waals surface area contributed by atoms with Crippen LogP contribution >= 0.6 is 0 Å². The van der Waals surface area contributed by atoms with E-state index in [1.807, 2.05) is 6.92 Å². The quantitative estimate of drug-likeness (QED) is 0.770. The Morgan fingerprint density at radius 2 is 1.62 bits per heavy atom. The molecule has 7 atom stereocenters. The smallest absolute Gasteiger partial charge is 0.190 e. The molecule has 1 saturated heterocycles. The van der Waals surface area contributed by atoms with Crippen molar-refractivity contribution >= 4 is 0 Å². The Labute approximate surface area is 129 Å². The molecule has 3 rings (SSSR count). The molecule has 0 aromatic rings. The van der Waals surface area contributed by atoms with E-state index in [-0.39, 0.29) is 11.7 Å². The Kier molecular flexibility index (Phi) is 3.71. The maximum atomic E-state index is 6.42. The molecule has 0 aromatic carbocycles. The molecule has 3 aliphatic rings. The van der Waals surface area contributed by atoms with E-state index < -0.39 is 5.79 Å². The topological polar surface area (TPSA) is 27.7 Å². The fourth-order valence-electron chi connectivity index (χ4n) is 5.53. The van der Waals surface area contributed by atoms with Crippen molar-refractivity contribution in [2.45, 2.75) is 77.8 Å². The van der Waals surface area contributed by atoms with E-state index in [9.17, 15) is 0 Å². The summed E-state index contributed by atoms with van der Waals surface area (Å²) in [6, 6.07) is 0. The summed E-state index contributed by atoms with van der Waals surface area (Å²) in [6.45, 7) is 12.0. The van der Waals surface area contributed by atoms with Crippen LogP contribution in [-0.4, -0.2) is 31.2 Å². The van der Waals surface area contributed by atoms with Gasteiger partial charge in [0.25, 0.3) is 0 Å². The van der Waals surface area contributed by atoms with Gasteiger partial charge in [-0.05, 0) is 62.7 Å². The van der Waals surface area contributed by atoms with Crippen molar-refractivity contribution in [3.8, 4) is 0 Å². The van der Waals surface area contributed by atoms with Gasteiger partial charge in [-0.25, -0.2) is 0 Å². The summed E-state index contributed by atoms with van der Waals surface area (Å²) in [5.41, 5.74) is 0.284. The standard InChI is InChI=1S/C18H32O3/c1-12-7-8-13(2)18(12)9-14(3)17(5)15(10-18)20-16(4,21-17)11-19-6/h12-15H,7-11H2,1-6H3/t12-,13?,14-,15+,16+,17-,18?/m1/s1. The molecule has 0 N–H and O–H groups in total. The van der Waals surface area contributed by atoms with Crippen molar-refractivity contribution in [1.29, 1.82) is 0 Å². The lowest BCUT2D eigenvalue weighted by Gasteiger charge is -2.51. The molecule has 3 fully saturated rings. The maximum Gasteiger partial charge on any atom is 0.190 e. The summed E-state index contributed by atoms with van der Waals surface area (Å²) in [5.74, 6) is 1.55. The van der Waals surface area contributed by atoms with Crippen molar-refractivity contribution in [2.24, 2.45) is 23.2 Å². The number of hydrogen-bond donors (Lipinski definition) is 0. The zero-order valence-corrected chi connectivity index (χ0v) is 14.6. The average molecular weight is 296 g/mol. The third-order valence-electron chi connectivity index (χ3n) is 7.10. The van der Waals surface area contributed by atoms with Crippen molar-refractivity contribution in [2.75, 3.05) is 13.7 Å². The number of methoxy groups -OCH3 is 1.